The van der Waals surface area contributed by atoms with Gasteiger partial charge < -0.3 is 15.1 Å². The molecule has 0 radical (unpaired) electrons. The highest BCUT2D eigenvalue weighted by atomic mass is 35.5. The standard InChI is InChI=1S/C18H23ClN4O/c1-13-16(19)5-4-6-17(13)21-12-14(11-20)18(24)23(3)15-7-9-22(2)10-8-15/h4-6,12,15,21H,7-10H2,1-3H3/b14-12-. The van der Waals surface area contributed by atoms with Crippen LogP contribution in [0.4, 0.5) is 5.69 Å². The van der Waals surface area contributed by atoms with E-state index in [1.807, 2.05) is 25.1 Å². The second-order valence-electron chi connectivity index (χ2n) is 6.18. The molecule has 0 saturated carbocycles. The van der Waals surface area contributed by atoms with Crippen molar-refractivity contribution in [1.29, 1.82) is 5.26 Å². The lowest BCUT2D eigenvalue weighted by Crippen LogP contribution is -2.44. The van der Waals surface area contributed by atoms with Gasteiger partial charge in [-0.05, 0) is 57.6 Å². The summed E-state index contributed by atoms with van der Waals surface area (Å²) in [6.45, 7) is 3.82. The molecule has 0 aromatic heterocycles. The molecule has 1 aromatic rings. The first-order chi connectivity index (χ1) is 11.4. The Morgan fingerprint density at radius 3 is 2.75 bits per heavy atom. The molecule has 2 rings (SSSR count). The number of likely N-dealkylation sites (tertiary alicyclic amines) is 1. The van der Waals surface area contributed by atoms with Crippen molar-refractivity contribution in [3.05, 3.63) is 40.6 Å². The van der Waals surface area contributed by atoms with Gasteiger partial charge in [0.05, 0.1) is 0 Å². The third kappa shape index (κ3) is 4.28. The fraction of sp³-hybridized carbons (Fsp3) is 0.444. The minimum Gasteiger partial charge on any atom is -0.360 e. The monoisotopic (exact) mass is 346 g/mol. The van der Waals surface area contributed by atoms with Gasteiger partial charge in [0.25, 0.3) is 5.91 Å². The maximum atomic E-state index is 12.6. The van der Waals surface area contributed by atoms with Gasteiger partial charge in [-0.15, -0.1) is 0 Å². The van der Waals surface area contributed by atoms with Crippen molar-refractivity contribution in [2.24, 2.45) is 0 Å². The summed E-state index contributed by atoms with van der Waals surface area (Å²) >= 11 is 6.08. The van der Waals surface area contributed by atoms with Crippen LogP contribution in [0.25, 0.3) is 0 Å². The predicted octanol–water partition coefficient (Wildman–Crippen LogP) is 3.02. The molecule has 6 heteroatoms. The number of carbonyl (C=O) groups is 1. The third-order valence-corrected chi connectivity index (χ3v) is 4.96. The lowest BCUT2D eigenvalue weighted by molar-refractivity contribution is -0.128. The minimum atomic E-state index is -0.251. The fourth-order valence-corrected chi connectivity index (χ4v) is 2.97. The summed E-state index contributed by atoms with van der Waals surface area (Å²) in [6.07, 6.45) is 3.32. The van der Waals surface area contributed by atoms with Crippen LogP contribution in [0.2, 0.25) is 5.02 Å². The van der Waals surface area contributed by atoms with Crippen LogP contribution < -0.4 is 5.32 Å². The van der Waals surface area contributed by atoms with E-state index < -0.39 is 0 Å². The summed E-state index contributed by atoms with van der Waals surface area (Å²) in [4.78, 5) is 16.5. The smallest absolute Gasteiger partial charge is 0.266 e. The number of anilines is 1. The van der Waals surface area contributed by atoms with Crippen LogP contribution in [0.5, 0.6) is 0 Å². The highest BCUT2D eigenvalue weighted by Crippen LogP contribution is 2.23. The highest BCUT2D eigenvalue weighted by molar-refractivity contribution is 6.31. The molecule has 5 nitrogen and oxygen atoms in total. The number of nitrogens with one attached hydrogen (secondary N) is 1. The van der Waals surface area contributed by atoms with Crippen LogP contribution in [0.15, 0.2) is 30.0 Å². The molecule has 1 saturated heterocycles. The number of rotatable bonds is 4. The highest BCUT2D eigenvalue weighted by Gasteiger charge is 2.25. The van der Waals surface area contributed by atoms with Crippen molar-refractivity contribution >= 4 is 23.2 Å². The van der Waals surface area contributed by atoms with Gasteiger partial charge in [0.2, 0.25) is 0 Å². The average Bonchev–Trinajstić information content (AvgIpc) is 2.58. The summed E-state index contributed by atoms with van der Waals surface area (Å²) < 4.78 is 0. The third-order valence-electron chi connectivity index (χ3n) is 4.55. The molecule has 0 bridgehead atoms. The SMILES string of the molecule is Cc1c(Cl)cccc1N/C=C(/C#N)C(=O)N(C)C1CCN(C)CC1. The molecule has 1 N–H and O–H groups in total. The molecule has 1 heterocycles. The molecule has 1 aliphatic rings. The molecule has 1 aromatic carbocycles. The van der Waals surface area contributed by atoms with Gasteiger partial charge in [-0.3, -0.25) is 4.79 Å². The van der Waals surface area contributed by atoms with E-state index in [1.165, 1.54) is 6.20 Å². The van der Waals surface area contributed by atoms with Gasteiger partial charge in [0.15, 0.2) is 0 Å². The van der Waals surface area contributed by atoms with Crippen molar-refractivity contribution in [1.82, 2.24) is 9.80 Å². The Morgan fingerprint density at radius 1 is 1.46 bits per heavy atom. The van der Waals surface area contributed by atoms with Gasteiger partial charge in [0, 0.05) is 30.0 Å². The quantitative estimate of drug-likeness (QED) is 0.672. The Labute approximate surface area is 148 Å². The Morgan fingerprint density at radius 2 is 2.12 bits per heavy atom. The van der Waals surface area contributed by atoms with E-state index in [4.69, 9.17) is 11.6 Å². The van der Waals surface area contributed by atoms with Gasteiger partial charge in [-0.1, -0.05) is 17.7 Å². The first-order valence-corrected chi connectivity index (χ1v) is 8.39. The van der Waals surface area contributed by atoms with E-state index in [2.05, 4.69) is 17.3 Å². The first-order valence-electron chi connectivity index (χ1n) is 8.01. The molecule has 0 atom stereocenters. The summed E-state index contributed by atoms with van der Waals surface area (Å²) in [5.41, 5.74) is 1.75. The van der Waals surface area contributed by atoms with Crippen LogP contribution in [-0.4, -0.2) is 48.9 Å². The number of likely N-dealkylation sites (N-methyl/N-ethyl adjacent to an activating group) is 1. The van der Waals surface area contributed by atoms with Gasteiger partial charge in [-0.25, -0.2) is 0 Å². The molecular weight excluding hydrogens is 324 g/mol. The number of hydrogen-bond acceptors (Lipinski definition) is 4. The lowest BCUT2D eigenvalue weighted by Gasteiger charge is -2.35. The van der Waals surface area contributed by atoms with Gasteiger partial charge in [0.1, 0.15) is 11.6 Å². The van der Waals surface area contributed by atoms with Crippen LogP contribution in [0, 0.1) is 18.3 Å². The van der Waals surface area contributed by atoms with Crippen LogP contribution in [0.3, 0.4) is 0 Å². The molecular formula is C18H23ClN4O. The Bertz CT molecular complexity index is 672. The zero-order chi connectivity index (χ0) is 17.7. The largest absolute Gasteiger partial charge is 0.360 e. The summed E-state index contributed by atoms with van der Waals surface area (Å²) in [5.74, 6) is -0.251. The molecule has 0 spiro atoms. The number of hydrogen-bond donors (Lipinski definition) is 1. The lowest BCUT2D eigenvalue weighted by atomic mass is 10.0. The van der Waals surface area contributed by atoms with Crippen molar-refractivity contribution in [2.75, 3.05) is 32.5 Å². The number of carbonyl (C=O) groups excluding carboxylic acids is 1. The van der Waals surface area contributed by atoms with Crippen LogP contribution >= 0.6 is 11.6 Å². The Kier molecular flexibility index (Phi) is 6.24. The molecule has 24 heavy (non-hydrogen) atoms. The summed E-state index contributed by atoms with van der Waals surface area (Å²) in [5, 5.41) is 13.0. The molecule has 128 valence electrons. The van der Waals surface area contributed by atoms with Crippen molar-refractivity contribution in [2.45, 2.75) is 25.8 Å². The van der Waals surface area contributed by atoms with E-state index in [9.17, 15) is 10.1 Å². The Balaban J connectivity index is 2.08. The molecule has 1 aliphatic heterocycles. The van der Waals surface area contributed by atoms with Crippen LogP contribution in [0.1, 0.15) is 18.4 Å². The molecule has 1 amide bonds. The zero-order valence-corrected chi connectivity index (χ0v) is 15.1. The summed E-state index contributed by atoms with van der Waals surface area (Å²) in [6, 6.07) is 7.66. The minimum absolute atomic E-state index is 0.0933. The number of halogens is 1. The van der Waals surface area contributed by atoms with E-state index in [0.717, 1.165) is 37.2 Å². The number of nitrogens with zero attached hydrogens (tertiary/aromatic N) is 3. The Hall–Kier alpha value is -2.03. The molecule has 0 unspecified atom stereocenters. The van der Waals surface area contributed by atoms with Crippen LogP contribution in [-0.2, 0) is 4.79 Å². The van der Waals surface area contributed by atoms with Crippen molar-refractivity contribution in [3.63, 3.8) is 0 Å². The van der Waals surface area contributed by atoms with E-state index in [0.29, 0.717) is 5.02 Å². The second-order valence-corrected chi connectivity index (χ2v) is 6.58. The number of amides is 1. The zero-order valence-electron chi connectivity index (χ0n) is 14.3. The second kappa shape index (κ2) is 8.18. The number of nitriles is 1. The van der Waals surface area contributed by atoms with Gasteiger partial charge >= 0.3 is 0 Å². The topological polar surface area (TPSA) is 59.4 Å². The molecule has 0 aliphatic carbocycles. The summed E-state index contributed by atoms with van der Waals surface area (Å²) in [7, 11) is 3.85. The first kappa shape index (κ1) is 18.3. The van der Waals surface area contributed by atoms with Crippen molar-refractivity contribution in [3.8, 4) is 6.07 Å². The predicted molar refractivity (Wildman–Crippen MR) is 96.8 cm³/mol. The molecule has 1 fully saturated rings. The van der Waals surface area contributed by atoms with E-state index >= 15 is 0 Å². The maximum absolute atomic E-state index is 12.6. The van der Waals surface area contributed by atoms with E-state index in [1.54, 1.807) is 18.0 Å². The average molecular weight is 347 g/mol. The van der Waals surface area contributed by atoms with E-state index in [-0.39, 0.29) is 17.5 Å². The maximum Gasteiger partial charge on any atom is 0.266 e. The number of piperidine rings is 1. The van der Waals surface area contributed by atoms with Crippen molar-refractivity contribution < 1.29 is 4.79 Å². The normalized spacial score (nSPS) is 16.5. The van der Waals surface area contributed by atoms with Gasteiger partial charge in [-0.2, -0.15) is 5.26 Å². The fourth-order valence-electron chi connectivity index (χ4n) is 2.79. The number of benzene rings is 1.